The second-order valence-corrected chi connectivity index (χ2v) is 8.40. The van der Waals surface area contributed by atoms with Gasteiger partial charge in [-0.25, -0.2) is 0 Å². The minimum Gasteiger partial charge on any atom is -0.360 e. The highest BCUT2D eigenvalue weighted by Crippen LogP contribution is 2.51. The van der Waals surface area contributed by atoms with E-state index in [0.717, 1.165) is 17.2 Å². The Morgan fingerprint density at radius 2 is 2.17 bits per heavy atom. The summed E-state index contributed by atoms with van der Waals surface area (Å²) in [5.41, 5.74) is 4.36. The van der Waals surface area contributed by atoms with Gasteiger partial charge < -0.3 is 4.52 Å². The van der Waals surface area contributed by atoms with Gasteiger partial charge in [0.2, 0.25) is 0 Å². The maximum Gasteiger partial charge on any atom is 0.141 e. The quantitative estimate of drug-likeness (QED) is 0.837. The number of fused-ring (bicyclic) bond motifs is 6. The molecule has 3 nitrogen and oxygen atoms in total. The van der Waals surface area contributed by atoms with Gasteiger partial charge in [0, 0.05) is 23.4 Å². The molecule has 0 unspecified atom stereocenters. The SMILES string of the molecule is Cc1onc2c3c(ccc12)C[C@@H]1[C@H](C)[C@@]3(C)CCN1CC1CC1. The zero-order chi connectivity index (χ0) is 15.8. The van der Waals surface area contributed by atoms with Crippen LogP contribution >= 0.6 is 0 Å². The van der Waals surface area contributed by atoms with E-state index in [9.17, 15) is 0 Å². The van der Waals surface area contributed by atoms with Crippen molar-refractivity contribution in [2.24, 2.45) is 11.8 Å². The van der Waals surface area contributed by atoms with Gasteiger partial charge in [-0.3, -0.25) is 4.90 Å². The van der Waals surface area contributed by atoms with E-state index in [0.29, 0.717) is 12.0 Å². The molecule has 2 aliphatic carbocycles. The fraction of sp³-hybridized carbons (Fsp3) is 0.650. The number of piperidine rings is 1. The molecule has 23 heavy (non-hydrogen) atoms. The van der Waals surface area contributed by atoms with Crippen molar-refractivity contribution in [2.45, 2.75) is 57.9 Å². The molecule has 1 aromatic heterocycles. The molecule has 3 atom stereocenters. The molecule has 1 saturated carbocycles. The van der Waals surface area contributed by atoms with Crippen LogP contribution in [0.1, 0.15) is 50.0 Å². The molecule has 3 heteroatoms. The first-order chi connectivity index (χ1) is 11.1. The van der Waals surface area contributed by atoms with Crippen molar-refractivity contribution in [3.63, 3.8) is 0 Å². The van der Waals surface area contributed by atoms with E-state index in [1.165, 1.54) is 55.3 Å². The number of nitrogens with zero attached hydrogens (tertiary/aromatic N) is 2. The Morgan fingerprint density at radius 1 is 1.35 bits per heavy atom. The first-order valence-electron chi connectivity index (χ1n) is 9.20. The molecule has 0 amide bonds. The number of aromatic nitrogens is 1. The van der Waals surface area contributed by atoms with Gasteiger partial charge in [0.05, 0.1) is 0 Å². The van der Waals surface area contributed by atoms with Crippen LogP contribution in [0.5, 0.6) is 0 Å². The van der Waals surface area contributed by atoms with Gasteiger partial charge in [-0.1, -0.05) is 25.1 Å². The molecule has 0 N–H and O–H groups in total. The molecular weight excluding hydrogens is 284 g/mol. The fourth-order valence-electron chi connectivity index (χ4n) is 5.24. The van der Waals surface area contributed by atoms with Crippen LogP contribution in [-0.2, 0) is 11.8 Å². The molecular formula is C20H26N2O. The highest BCUT2D eigenvalue weighted by molar-refractivity contribution is 5.86. The highest BCUT2D eigenvalue weighted by atomic mass is 16.5. The monoisotopic (exact) mass is 310 g/mol. The molecule has 0 radical (unpaired) electrons. The number of hydrogen-bond donors (Lipinski definition) is 0. The van der Waals surface area contributed by atoms with Crippen LogP contribution in [0.15, 0.2) is 16.7 Å². The topological polar surface area (TPSA) is 29.3 Å². The van der Waals surface area contributed by atoms with Crippen molar-refractivity contribution in [3.05, 3.63) is 29.0 Å². The zero-order valence-corrected chi connectivity index (χ0v) is 14.4. The van der Waals surface area contributed by atoms with Crippen molar-refractivity contribution in [1.82, 2.24) is 10.1 Å². The van der Waals surface area contributed by atoms with Crippen LogP contribution in [0.4, 0.5) is 0 Å². The first kappa shape index (κ1) is 14.0. The normalized spacial score (nSPS) is 33.9. The Hall–Kier alpha value is -1.35. The van der Waals surface area contributed by atoms with E-state index in [-0.39, 0.29) is 5.41 Å². The Labute approximate surface area is 138 Å². The summed E-state index contributed by atoms with van der Waals surface area (Å²) in [4.78, 5) is 2.80. The molecule has 122 valence electrons. The van der Waals surface area contributed by atoms with Gasteiger partial charge in [0.15, 0.2) is 0 Å². The number of aryl methyl sites for hydroxylation is 1. The van der Waals surface area contributed by atoms with Gasteiger partial charge in [-0.15, -0.1) is 0 Å². The van der Waals surface area contributed by atoms with E-state index in [4.69, 9.17) is 4.52 Å². The molecule has 1 aromatic carbocycles. The average Bonchev–Trinajstić information content (AvgIpc) is 3.27. The predicted octanol–water partition coefficient (Wildman–Crippen LogP) is 4.07. The molecule has 1 aliphatic heterocycles. The number of likely N-dealkylation sites (tertiary alicyclic amines) is 1. The fourth-order valence-corrected chi connectivity index (χ4v) is 5.24. The minimum absolute atomic E-state index is 0.237. The van der Waals surface area contributed by atoms with Gasteiger partial charge in [0.1, 0.15) is 11.3 Å². The van der Waals surface area contributed by atoms with E-state index in [1.807, 2.05) is 6.92 Å². The van der Waals surface area contributed by atoms with Crippen LogP contribution in [0.3, 0.4) is 0 Å². The lowest BCUT2D eigenvalue weighted by Crippen LogP contribution is -2.58. The summed E-state index contributed by atoms with van der Waals surface area (Å²) in [6.45, 7) is 9.54. The Balaban J connectivity index is 1.64. The van der Waals surface area contributed by atoms with Crippen molar-refractivity contribution >= 4 is 10.9 Å². The van der Waals surface area contributed by atoms with Crippen molar-refractivity contribution < 1.29 is 4.52 Å². The third-order valence-corrected chi connectivity index (χ3v) is 7.08. The van der Waals surface area contributed by atoms with E-state index in [2.05, 4.69) is 36.0 Å². The molecule has 0 spiro atoms. The van der Waals surface area contributed by atoms with Crippen molar-refractivity contribution in [3.8, 4) is 0 Å². The summed E-state index contributed by atoms with van der Waals surface area (Å²) >= 11 is 0. The standard InChI is InChI=1S/C20H26N2O/c1-12-17-10-15-6-7-16-13(2)23-21-19(16)18(15)20(12,3)8-9-22(17)11-14-4-5-14/h6-7,12,14,17H,4-5,8-11H2,1-3H3/t12-,17+,20+/m0/s1. The predicted molar refractivity (Wildman–Crippen MR) is 91.7 cm³/mol. The first-order valence-corrected chi connectivity index (χ1v) is 9.20. The third kappa shape index (κ3) is 1.89. The van der Waals surface area contributed by atoms with Gasteiger partial charge in [0.25, 0.3) is 0 Å². The van der Waals surface area contributed by atoms with Crippen LogP contribution < -0.4 is 0 Å². The van der Waals surface area contributed by atoms with Crippen LogP contribution in [0.25, 0.3) is 10.9 Å². The molecule has 5 rings (SSSR count). The van der Waals surface area contributed by atoms with Crippen molar-refractivity contribution in [1.29, 1.82) is 0 Å². The Morgan fingerprint density at radius 3 is 2.96 bits per heavy atom. The molecule has 2 heterocycles. The zero-order valence-electron chi connectivity index (χ0n) is 14.4. The average molecular weight is 310 g/mol. The Bertz CT molecular complexity index is 775. The van der Waals surface area contributed by atoms with E-state index < -0.39 is 0 Å². The van der Waals surface area contributed by atoms with E-state index in [1.54, 1.807) is 0 Å². The largest absolute Gasteiger partial charge is 0.360 e. The van der Waals surface area contributed by atoms with Gasteiger partial charge >= 0.3 is 0 Å². The maximum absolute atomic E-state index is 5.52. The Kier molecular flexibility index (Phi) is 2.80. The highest BCUT2D eigenvalue weighted by Gasteiger charge is 2.50. The van der Waals surface area contributed by atoms with E-state index >= 15 is 0 Å². The second kappa shape index (κ2) is 4.60. The lowest BCUT2D eigenvalue weighted by molar-refractivity contribution is 0.0291. The number of rotatable bonds is 2. The third-order valence-electron chi connectivity index (χ3n) is 7.08. The molecule has 2 bridgehead atoms. The molecule has 2 aromatic rings. The smallest absolute Gasteiger partial charge is 0.141 e. The minimum atomic E-state index is 0.237. The summed E-state index contributed by atoms with van der Waals surface area (Å²) in [6.07, 6.45) is 5.32. The lowest BCUT2D eigenvalue weighted by atomic mass is 9.58. The van der Waals surface area contributed by atoms with Gasteiger partial charge in [-0.05, 0) is 68.2 Å². The number of hydrogen-bond acceptors (Lipinski definition) is 3. The van der Waals surface area contributed by atoms with Crippen LogP contribution in [0, 0.1) is 18.8 Å². The summed E-state index contributed by atoms with van der Waals surface area (Å²) in [5, 5.41) is 5.65. The summed E-state index contributed by atoms with van der Waals surface area (Å²) in [6, 6.07) is 5.27. The van der Waals surface area contributed by atoms with Crippen LogP contribution in [-0.4, -0.2) is 29.2 Å². The number of benzene rings is 1. The lowest BCUT2D eigenvalue weighted by Gasteiger charge is -2.54. The molecule has 3 aliphatic rings. The van der Waals surface area contributed by atoms with Crippen LogP contribution in [0.2, 0.25) is 0 Å². The summed E-state index contributed by atoms with van der Waals surface area (Å²) < 4.78 is 5.52. The maximum atomic E-state index is 5.52. The summed E-state index contributed by atoms with van der Waals surface area (Å²) in [5.74, 6) is 2.62. The second-order valence-electron chi connectivity index (χ2n) is 8.40. The van der Waals surface area contributed by atoms with Gasteiger partial charge in [-0.2, -0.15) is 0 Å². The van der Waals surface area contributed by atoms with Crippen molar-refractivity contribution in [2.75, 3.05) is 13.1 Å². The molecule has 2 fully saturated rings. The summed E-state index contributed by atoms with van der Waals surface area (Å²) in [7, 11) is 0. The molecule has 1 saturated heterocycles.